The summed E-state index contributed by atoms with van der Waals surface area (Å²) < 4.78 is 43.6. The van der Waals surface area contributed by atoms with Gasteiger partial charge in [0.05, 0.1) is 5.56 Å². The topological polar surface area (TPSA) is 12.5 Å². The highest BCUT2D eigenvalue weighted by atomic mass is 35.5. The van der Waals surface area contributed by atoms with Gasteiger partial charge in [-0.15, -0.1) is 11.6 Å². The lowest BCUT2D eigenvalue weighted by molar-refractivity contribution is -0.138. The van der Waals surface area contributed by atoms with Gasteiger partial charge in [0, 0.05) is 38.9 Å². The molecule has 1 aromatic carbocycles. The monoisotopic (exact) mass is 295 g/mol. The molecule has 0 unspecified atom stereocenters. The summed E-state index contributed by atoms with van der Waals surface area (Å²) in [5.41, 5.74) is -0.0425. The average Bonchev–Trinajstić information content (AvgIpc) is 2.37. The first kappa shape index (κ1) is 16.1. The summed E-state index contributed by atoms with van der Waals surface area (Å²) in [4.78, 5) is 1.77. The molecular formula is C13H17ClF3NO. The minimum absolute atomic E-state index is 0.100. The van der Waals surface area contributed by atoms with E-state index in [1.807, 2.05) is 0 Å². The Morgan fingerprint density at radius 2 is 2.00 bits per heavy atom. The maximum atomic E-state index is 12.9. The third-order valence-electron chi connectivity index (χ3n) is 2.83. The predicted octanol–water partition coefficient (Wildman–Crippen LogP) is 3.92. The Morgan fingerprint density at radius 1 is 1.32 bits per heavy atom. The normalized spacial score (nSPS) is 11.7. The number of nitrogens with zero attached hydrogens (tertiary/aromatic N) is 1. The van der Waals surface area contributed by atoms with Crippen LogP contribution in [-0.4, -0.2) is 27.3 Å². The van der Waals surface area contributed by atoms with Crippen LogP contribution in [-0.2, 0) is 16.8 Å². The van der Waals surface area contributed by atoms with Gasteiger partial charge >= 0.3 is 6.18 Å². The van der Waals surface area contributed by atoms with E-state index < -0.39 is 11.7 Å². The van der Waals surface area contributed by atoms with Crippen molar-refractivity contribution in [3.05, 3.63) is 29.3 Å². The molecule has 0 saturated carbocycles. The van der Waals surface area contributed by atoms with E-state index in [9.17, 15) is 13.2 Å². The van der Waals surface area contributed by atoms with E-state index in [0.717, 1.165) is 12.5 Å². The Hall–Kier alpha value is -0.940. The summed E-state index contributed by atoms with van der Waals surface area (Å²) >= 11 is 5.54. The molecule has 0 atom stereocenters. The standard InChI is InChI=1S/C13H17ClF3NO/c1-18(6-3-7-19-2)11-5-4-10(9-14)12(8-11)13(15,16)17/h4-5,8H,3,6-7,9H2,1-2H3. The Labute approximate surface area is 116 Å². The third-order valence-corrected chi connectivity index (χ3v) is 3.11. The zero-order valence-corrected chi connectivity index (χ0v) is 11.7. The number of benzene rings is 1. The van der Waals surface area contributed by atoms with Crippen molar-refractivity contribution >= 4 is 17.3 Å². The molecule has 0 amide bonds. The molecule has 0 aliphatic heterocycles. The average molecular weight is 296 g/mol. The molecule has 108 valence electrons. The summed E-state index contributed by atoms with van der Waals surface area (Å²) in [6.07, 6.45) is -3.63. The summed E-state index contributed by atoms with van der Waals surface area (Å²) in [6.45, 7) is 1.21. The van der Waals surface area contributed by atoms with E-state index in [1.54, 1.807) is 25.1 Å². The van der Waals surface area contributed by atoms with Crippen LogP contribution >= 0.6 is 11.6 Å². The van der Waals surface area contributed by atoms with Crippen LogP contribution in [0.3, 0.4) is 0 Å². The highest BCUT2D eigenvalue weighted by Gasteiger charge is 2.33. The number of methoxy groups -OCH3 is 1. The number of alkyl halides is 4. The van der Waals surface area contributed by atoms with Crippen LogP contribution in [0.1, 0.15) is 17.5 Å². The summed E-state index contributed by atoms with van der Waals surface area (Å²) in [5.74, 6) is -0.150. The lowest BCUT2D eigenvalue weighted by atomic mass is 10.1. The fourth-order valence-electron chi connectivity index (χ4n) is 1.76. The highest BCUT2D eigenvalue weighted by molar-refractivity contribution is 6.17. The Balaban J connectivity index is 2.91. The van der Waals surface area contributed by atoms with Gasteiger partial charge in [-0.05, 0) is 24.1 Å². The van der Waals surface area contributed by atoms with E-state index >= 15 is 0 Å². The van der Waals surface area contributed by atoms with Gasteiger partial charge in [-0.2, -0.15) is 13.2 Å². The largest absolute Gasteiger partial charge is 0.416 e. The van der Waals surface area contributed by atoms with Crippen molar-refractivity contribution in [2.45, 2.75) is 18.5 Å². The smallest absolute Gasteiger partial charge is 0.385 e. The molecule has 0 spiro atoms. The van der Waals surface area contributed by atoms with Gasteiger partial charge in [0.25, 0.3) is 0 Å². The van der Waals surface area contributed by atoms with Crippen LogP contribution in [0.2, 0.25) is 0 Å². The summed E-state index contributed by atoms with van der Waals surface area (Å²) in [7, 11) is 3.35. The molecule has 0 heterocycles. The van der Waals surface area contributed by atoms with Crippen molar-refractivity contribution in [2.24, 2.45) is 0 Å². The first-order chi connectivity index (χ1) is 8.90. The number of hydrogen-bond acceptors (Lipinski definition) is 2. The molecule has 0 radical (unpaired) electrons. The molecule has 0 aromatic heterocycles. The number of ether oxygens (including phenoxy) is 1. The molecular weight excluding hydrogens is 279 g/mol. The lowest BCUT2D eigenvalue weighted by Crippen LogP contribution is -2.20. The minimum Gasteiger partial charge on any atom is -0.385 e. The molecule has 0 aliphatic carbocycles. The number of anilines is 1. The second-order valence-electron chi connectivity index (χ2n) is 4.24. The van der Waals surface area contributed by atoms with Crippen molar-refractivity contribution in [1.29, 1.82) is 0 Å². The molecule has 6 heteroatoms. The minimum atomic E-state index is -4.38. The Kier molecular flexibility index (Phi) is 5.94. The van der Waals surface area contributed by atoms with Crippen molar-refractivity contribution in [2.75, 3.05) is 32.2 Å². The van der Waals surface area contributed by atoms with Gasteiger partial charge in [-0.3, -0.25) is 0 Å². The van der Waals surface area contributed by atoms with E-state index in [-0.39, 0.29) is 11.4 Å². The SMILES string of the molecule is COCCCN(C)c1ccc(CCl)c(C(F)(F)F)c1. The van der Waals surface area contributed by atoms with Crippen LogP contribution in [0.5, 0.6) is 0 Å². The summed E-state index contributed by atoms with van der Waals surface area (Å²) in [6, 6.07) is 4.22. The second kappa shape index (κ2) is 7.01. The third kappa shape index (κ3) is 4.58. The second-order valence-corrected chi connectivity index (χ2v) is 4.51. The van der Waals surface area contributed by atoms with Crippen molar-refractivity contribution in [3.63, 3.8) is 0 Å². The van der Waals surface area contributed by atoms with Crippen molar-refractivity contribution in [1.82, 2.24) is 0 Å². The van der Waals surface area contributed by atoms with Crippen LogP contribution in [0.15, 0.2) is 18.2 Å². The maximum absolute atomic E-state index is 12.9. The van der Waals surface area contributed by atoms with Gasteiger partial charge < -0.3 is 9.64 Å². The van der Waals surface area contributed by atoms with Gasteiger partial charge in [-0.25, -0.2) is 0 Å². The molecule has 19 heavy (non-hydrogen) atoms. The quantitative estimate of drug-likeness (QED) is 0.583. The highest BCUT2D eigenvalue weighted by Crippen LogP contribution is 2.35. The van der Waals surface area contributed by atoms with E-state index in [4.69, 9.17) is 16.3 Å². The lowest BCUT2D eigenvalue weighted by Gasteiger charge is -2.21. The molecule has 0 aliphatic rings. The molecule has 0 N–H and O–H groups in total. The van der Waals surface area contributed by atoms with Gasteiger partial charge in [0.1, 0.15) is 0 Å². The van der Waals surface area contributed by atoms with Gasteiger partial charge in [0.15, 0.2) is 0 Å². The Bertz CT molecular complexity index is 409. The zero-order chi connectivity index (χ0) is 14.5. The molecule has 0 saturated heterocycles. The van der Waals surface area contributed by atoms with E-state index in [2.05, 4.69) is 0 Å². The molecule has 1 aromatic rings. The Morgan fingerprint density at radius 3 is 2.53 bits per heavy atom. The van der Waals surface area contributed by atoms with Crippen molar-refractivity contribution in [3.8, 4) is 0 Å². The van der Waals surface area contributed by atoms with Crippen LogP contribution in [0.25, 0.3) is 0 Å². The number of hydrogen-bond donors (Lipinski definition) is 0. The van der Waals surface area contributed by atoms with Gasteiger partial charge in [0.2, 0.25) is 0 Å². The fraction of sp³-hybridized carbons (Fsp3) is 0.538. The van der Waals surface area contributed by atoms with Gasteiger partial charge in [-0.1, -0.05) is 6.07 Å². The predicted molar refractivity (Wildman–Crippen MR) is 70.8 cm³/mol. The molecule has 2 nitrogen and oxygen atoms in total. The van der Waals surface area contributed by atoms with Crippen LogP contribution in [0, 0.1) is 0 Å². The van der Waals surface area contributed by atoms with Crippen LogP contribution < -0.4 is 4.90 Å². The number of halogens is 4. The van der Waals surface area contributed by atoms with E-state index in [0.29, 0.717) is 18.8 Å². The maximum Gasteiger partial charge on any atom is 0.416 e. The fourth-order valence-corrected chi connectivity index (χ4v) is 1.99. The van der Waals surface area contributed by atoms with Crippen LogP contribution in [0.4, 0.5) is 18.9 Å². The first-order valence-electron chi connectivity index (χ1n) is 5.86. The summed E-state index contributed by atoms with van der Waals surface area (Å²) in [5, 5.41) is 0. The molecule has 0 fully saturated rings. The first-order valence-corrected chi connectivity index (χ1v) is 6.39. The zero-order valence-electron chi connectivity index (χ0n) is 10.9. The number of rotatable bonds is 6. The molecule has 0 bridgehead atoms. The molecule has 1 rings (SSSR count). The van der Waals surface area contributed by atoms with Crippen molar-refractivity contribution < 1.29 is 17.9 Å². The van der Waals surface area contributed by atoms with E-state index in [1.165, 1.54) is 6.07 Å².